The van der Waals surface area contributed by atoms with Gasteiger partial charge in [0.1, 0.15) is 24.6 Å². The van der Waals surface area contributed by atoms with Crippen molar-refractivity contribution in [2.45, 2.75) is 97.4 Å². The maximum absolute atomic E-state index is 13.9. The molecular formula is C47H56N6O13S. The van der Waals surface area contributed by atoms with E-state index in [9.17, 15) is 47.1 Å². The molecule has 20 heteroatoms. The van der Waals surface area contributed by atoms with E-state index >= 15 is 0 Å². The zero-order valence-corrected chi connectivity index (χ0v) is 38.8. The minimum Gasteiger partial charge on any atom is -0.490 e. The van der Waals surface area contributed by atoms with Gasteiger partial charge in [-0.1, -0.05) is 33.4 Å². The molecule has 3 atom stereocenters. The van der Waals surface area contributed by atoms with Gasteiger partial charge >= 0.3 is 10.2 Å². The summed E-state index contributed by atoms with van der Waals surface area (Å²) in [5.74, 6) is -3.76. The fourth-order valence-corrected chi connectivity index (χ4v) is 9.93. The molecule has 0 unspecified atom stereocenters. The van der Waals surface area contributed by atoms with E-state index in [4.69, 9.17) is 19.2 Å². The van der Waals surface area contributed by atoms with Gasteiger partial charge in [-0.05, 0) is 67.3 Å². The number of carbonyl (C=O) groups is 6. The van der Waals surface area contributed by atoms with Crippen molar-refractivity contribution in [3.63, 3.8) is 0 Å². The van der Waals surface area contributed by atoms with Crippen LogP contribution < -0.4 is 20.3 Å². The number of amides is 4. The average molecular weight is 945 g/mol. The van der Waals surface area contributed by atoms with Gasteiger partial charge in [0.15, 0.2) is 11.6 Å². The highest BCUT2D eigenvalue weighted by atomic mass is 32.2. The lowest BCUT2D eigenvalue weighted by Crippen LogP contribution is -2.44. The highest BCUT2D eigenvalue weighted by Gasteiger charge is 2.42. The molecule has 19 nitrogen and oxygen atoms in total. The minimum atomic E-state index is -4.22. The lowest BCUT2D eigenvalue weighted by atomic mass is 9.83. The van der Waals surface area contributed by atoms with Crippen molar-refractivity contribution in [3.05, 3.63) is 86.4 Å². The standard InChI is InChI=1S/C47H56N6O13S/c1-6-47(61)28(5)66-25-35-36(47)22-38-44-34(23-53(38)46(35)60)32-9-7-8-31-29(10-11-37(50-44)43(31)32)20-39(55)27(4)49-45(59)33(26(2)3)21-30(54)24-65-19-18-64-17-15-48-67(62,63)51-40(56)14-16-52-41(57)12-13-42(52)58/h10-13,22,26-27,33,48,61H,5-9,14-21,23-25H2,1-4H3,(H,49,59)(H,51,56)/t27-,33-,47+/m0/s1. The summed E-state index contributed by atoms with van der Waals surface area (Å²) in [6.45, 7) is 10.6. The van der Waals surface area contributed by atoms with Gasteiger partial charge in [0, 0.05) is 66.9 Å². The number of benzene rings is 1. The Morgan fingerprint density at radius 2 is 1.70 bits per heavy atom. The molecule has 0 fully saturated rings. The van der Waals surface area contributed by atoms with Crippen molar-refractivity contribution >= 4 is 56.3 Å². The van der Waals surface area contributed by atoms with Gasteiger partial charge in [-0.25, -0.2) is 9.71 Å². The molecule has 4 amide bonds. The zero-order chi connectivity index (χ0) is 48.4. The first kappa shape index (κ1) is 49.0. The number of hydrogen-bond donors (Lipinski definition) is 4. The van der Waals surface area contributed by atoms with E-state index in [1.165, 1.54) is 0 Å². The second-order valence-electron chi connectivity index (χ2n) is 17.6. The Hall–Kier alpha value is -5.93. The number of rotatable bonds is 22. The molecule has 358 valence electrons. The molecule has 5 heterocycles. The fourth-order valence-electron chi connectivity index (χ4n) is 9.10. The zero-order valence-electron chi connectivity index (χ0n) is 38.0. The molecule has 0 saturated heterocycles. The number of fused-ring (bicyclic) bond motifs is 5. The first-order valence-corrected chi connectivity index (χ1v) is 23.9. The van der Waals surface area contributed by atoms with Gasteiger partial charge in [-0.15, -0.1) is 0 Å². The van der Waals surface area contributed by atoms with E-state index in [1.807, 2.05) is 39.0 Å². The predicted molar refractivity (Wildman–Crippen MR) is 242 cm³/mol. The van der Waals surface area contributed by atoms with E-state index < -0.39 is 57.8 Å². The van der Waals surface area contributed by atoms with Crippen molar-refractivity contribution in [1.29, 1.82) is 0 Å². The van der Waals surface area contributed by atoms with Crippen LogP contribution >= 0.6 is 0 Å². The molecule has 4 N–H and O–H groups in total. The summed E-state index contributed by atoms with van der Waals surface area (Å²) in [5, 5.41) is 15.3. The topological polar surface area (TPSA) is 259 Å². The van der Waals surface area contributed by atoms with Crippen LogP contribution in [0.15, 0.2) is 47.5 Å². The minimum absolute atomic E-state index is 0.00509. The highest BCUT2D eigenvalue weighted by molar-refractivity contribution is 7.88. The van der Waals surface area contributed by atoms with Crippen molar-refractivity contribution in [2.75, 3.05) is 39.5 Å². The summed E-state index contributed by atoms with van der Waals surface area (Å²) in [6.07, 6.45) is 4.32. The molecular weight excluding hydrogens is 889 g/mol. The van der Waals surface area contributed by atoms with Crippen LogP contribution in [0, 0.1) is 11.8 Å². The lowest BCUT2D eigenvalue weighted by Gasteiger charge is -2.35. The van der Waals surface area contributed by atoms with Crippen LogP contribution in [-0.2, 0) is 91.2 Å². The van der Waals surface area contributed by atoms with Crippen molar-refractivity contribution < 1.29 is 56.5 Å². The molecule has 0 spiro atoms. The summed E-state index contributed by atoms with van der Waals surface area (Å²) in [6, 6.07) is 4.82. The van der Waals surface area contributed by atoms with Gasteiger partial charge in [0.25, 0.3) is 17.4 Å². The number of aliphatic hydroxyl groups is 1. The third-order valence-corrected chi connectivity index (χ3v) is 14.0. The van der Waals surface area contributed by atoms with Crippen LogP contribution in [-0.4, -0.2) is 109 Å². The Kier molecular flexibility index (Phi) is 14.7. The molecule has 3 aliphatic heterocycles. The summed E-state index contributed by atoms with van der Waals surface area (Å²) in [4.78, 5) is 95.0. The van der Waals surface area contributed by atoms with E-state index in [0.717, 1.165) is 69.5 Å². The number of Topliss-reactive ketones (excluding diaryl/α,β-unsaturated/α-hetero) is 2. The number of ketones is 2. The van der Waals surface area contributed by atoms with Crippen LogP contribution in [0.2, 0.25) is 0 Å². The average Bonchev–Trinajstić information content (AvgIpc) is 3.82. The first-order chi connectivity index (χ1) is 31.8. The van der Waals surface area contributed by atoms with Crippen LogP contribution in [0.1, 0.15) is 86.8 Å². The number of ether oxygens (including phenoxy) is 3. The summed E-state index contributed by atoms with van der Waals surface area (Å²) in [7, 11) is -4.22. The maximum atomic E-state index is 13.9. The SMILES string of the molecule is C=C1OCc2c(cc3n(c2=O)Cc2c-3nc3ccc(CC(=O)[C@H](C)NC(=O)[C@@H](CC(=O)COCCOCCNS(=O)(=O)NC(=O)CCN4C(=O)C=CC4=O)C(C)C)c4c3c2CCC4)[C@@]1(O)CC. The Labute approximate surface area is 387 Å². The third kappa shape index (κ3) is 10.3. The molecule has 0 bridgehead atoms. The van der Waals surface area contributed by atoms with Crippen LogP contribution in [0.4, 0.5) is 0 Å². The Balaban J connectivity index is 0.874. The van der Waals surface area contributed by atoms with Gasteiger partial charge in [-0.3, -0.25) is 38.5 Å². The number of hydrogen-bond acceptors (Lipinski definition) is 14. The van der Waals surface area contributed by atoms with Gasteiger partial charge in [0.05, 0.1) is 54.9 Å². The number of aryl methyl sites for hydroxylation is 2. The van der Waals surface area contributed by atoms with Gasteiger partial charge < -0.3 is 29.2 Å². The van der Waals surface area contributed by atoms with E-state index in [2.05, 4.69) is 16.6 Å². The molecule has 1 aliphatic carbocycles. The maximum Gasteiger partial charge on any atom is 0.301 e. The predicted octanol–water partition coefficient (Wildman–Crippen LogP) is 1.70. The summed E-state index contributed by atoms with van der Waals surface area (Å²) < 4.78 is 46.3. The second-order valence-corrected chi connectivity index (χ2v) is 19.1. The van der Waals surface area contributed by atoms with Crippen LogP contribution in [0.5, 0.6) is 0 Å². The largest absolute Gasteiger partial charge is 0.490 e. The lowest BCUT2D eigenvalue weighted by molar-refractivity contribution is -0.137. The number of nitrogens with one attached hydrogen (secondary N) is 3. The molecule has 0 radical (unpaired) electrons. The summed E-state index contributed by atoms with van der Waals surface area (Å²) in [5.41, 5.74) is 5.24. The van der Waals surface area contributed by atoms with Crippen LogP contribution in [0.25, 0.3) is 22.3 Å². The van der Waals surface area contributed by atoms with E-state index in [0.29, 0.717) is 35.5 Å². The molecule has 67 heavy (non-hydrogen) atoms. The van der Waals surface area contributed by atoms with Crippen molar-refractivity contribution in [2.24, 2.45) is 11.8 Å². The Bertz CT molecular complexity index is 2750. The molecule has 7 rings (SSSR count). The fraction of sp³-hybridized carbons (Fsp3) is 0.489. The number of imide groups is 1. The van der Waals surface area contributed by atoms with Crippen molar-refractivity contribution in [1.82, 2.24) is 29.2 Å². The molecule has 4 aliphatic rings. The molecule has 2 aromatic heterocycles. The van der Waals surface area contributed by atoms with E-state index in [1.54, 1.807) is 16.2 Å². The Morgan fingerprint density at radius 3 is 2.42 bits per heavy atom. The molecule has 3 aromatic rings. The third-order valence-electron chi connectivity index (χ3n) is 12.9. The number of carbonyl (C=O) groups excluding carboxylic acids is 6. The first-order valence-electron chi connectivity index (χ1n) is 22.5. The normalized spacial score (nSPS) is 18.1. The van der Waals surface area contributed by atoms with Gasteiger partial charge in [0.2, 0.25) is 11.8 Å². The molecule has 1 aromatic carbocycles. The van der Waals surface area contributed by atoms with Gasteiger partial charge in [-0.2, -0.15) is 13.1 Å². The molecule has 0 saturated carbocycles. The smallest absolute Gasteiger partial charge is 0.301 e. The Morgan fingerprint density at radius 1 is 0.985 bits per heavy atom. The number of aromatic nitrogens is 2. The highest BCUT2D eigenvalue weighted by Crippen LogP contribution is 2.44. The monoisotopic (exact) mass is 944 g/mol. The van der Waals surface area contributed by atoms with Crippen LogP contribution in [0.3, 0.4) is 0 Å². The number of pyridine rings is 2. The quantitative estimate of drug-likeness (QED) is 0.0647. The second kappa shape index (κ2) is 20.1. The van der Waals surface area contributed by atoms with Crippen molar-refractivity contribution in [3.8, 4) is 11.4 Å². The van der Waals surface area contributed by atoms with E-state index in [-0.39, 0.29) is 87.8 Å². The number of nitrogens with zero attached hydrogens (tertiary/aromatic N) is 3. The summed E-state index contributed by atoms with van der Waals surface area (Å²) >= 11 is 0.